The minimum Gasteiger partial charge on any atom is -0.381 e. The summed E-state index contributed by atoms with van der Waals surface area (Å²) in [5.41, 5.74) is 0.332. The molecule has 2 aromatic heterocycles. The summed E-state index contributed by atoms with van der Waals surface area (Å²) in [6, 6.07) is 1.37. The quantitative estimate of drug-likeness (QED) is 0.873. The van der Waals surface area contributed by atoms with Crippen molar-refractivity contribution in [2.75, 3.05) is 14.2 Å². The Kier molecular flexibility index (Phi) is 5.17. The second-order valence-corrected chi connectivity index (χ2v) is 5.77. The van der Waals surface area contributed by atoms with Crippen molar-refractivity contribution in [2.24, 2.45) is 0 Å². The van der Waals surface area contributed by atoms with E-state index in [0.29, 0.717) is 12.1 Å². The van der Waals surface area contributed by atoms with Gasteiger partial charge in [-0.05, 0) is 12.5 Å². The molecule has 1 saturated carbocycles. The van der Waals surface area contributed by atoms with Gasteiger partial charge in [0.05, 0.1) is 30.6 Å². The number of nitrogens with zero attached hydrogens (tertiary/aromatic N) is 4. The molecule has 8 nitrogen and oxygen atoms in total. The van der Waals surface area contributed by atoms with Crippen molar-refractivity contribution in [1.82, 2.24) is 24.8 Å². The summed E-state index contributed by atoms with van der Waals surface area (Å²) in [4.78, 5) is 24.5. The highest BCUT2D eigenvalue weighted by atomic mass is 16.5. The molecule has 0 spiro atoms. The summed E-state index contributed by atoms with van der Waals surface area (Å²) in [5.74, 6) is -0.245. The predicted molar refractivity (Wildman–Crippen MR) is 85.4 cm³/mol. The standard InChI is InChI=1S/C16H21N5O3/c1-23-11-7-13(21-6-5-18-10-21)15(14(8-11)24-2)20-16(22)12-3-4-17-9-19-12/h3-6,9-11,13-15H,7-8H2,1-2H3,(H,20,22)/t11-,13-,14-,15-/m1/s1. The molecule has 24 heavy (non-hydrogen) atoms. The van der Waals surface area contributed by atoms with Crippen LogP contribution in [0.25, 0.3) is 0 Å². The minimum atomic E-state index is -0.245. The van der Waals surface area contributed by atoms with Crippen molar-refractivity contribution in [3.05, 3.63) is 43.0 Å². The number of carbonyl (C=O) groups excluding carboxylic acids is 1. The maximum atomic E-state index is 12.5. The van der Waals surface area contributed by atoms with Gasteiger partial charge in [0, 0.05) is 39.2 Å². The highest BCUT2D eigenvalue weighted by Gasteiger charge is 2.40. The number of hydrogen-bond donors (Lipinski definition) is 1. The number of imidazole rings is 1. The van der Waals surface area contributed by atoms with E-state index in [9.17, 15) is 4.79 Å². The van der Waals surface area contributed by atoms with Crippen LogP contribution < -0.4 is 5.32 Å². The van der Waals surface area contributed by atoms with E-state index in [1.54, 1.807) is 39.0 Å². The van der Waals surface area contributed by atoms with Gasteiger partial charge in [0.2, 0.25) is 0 Å². The van der Waals surface area contributed by atoms with Gasteiger partial charge in [0.1, 0.15) is 12.0 Å². The Labute approximate surface area is 140 Å². The molecule has 1 fully saturated rings. The van der Waals surface area contributed by atoms with Gasteiger partial charge in [-0.15, -0.1) is 0 Å². The lowest BCUT2D eigenvalue weighted by molar-refractivity contribution is -0.0458. The van der Waals surface area contributed by atoms with Crippen LogP contribution in [0.3, 0.4) is 0 Å². The van der Waals surface area contributed by atoms with Gasteiger partial charge in [-0.2, -0.15) is 0 Å². The van der Waals surface area contributed by atoms with Gasteiger partial charge in [0.25, 0.3) is 5.91 Å². The van der Waals surface area contributed by atoms with Gasteiger partial charge in [-0.1, -0.05) is 0 Å². The molecule has 8 heteroatoms. The van der Waals surface area contributed by atoms with E-state index in [2.05, 4.69) is 20.3 Å². The van der Waals surface area contributed by atoms with Crippen LogP contribution in [0.15, 0.2) is 37.3 Å². The zero-order valence-corrected chi connectivity index (χ0v) is 13.7. The number of carbonyl (C=O) groups is 1. The molecule has 0 aromatic carbocycles. The van der Waals surface area contributed by atoms with Gasteiger partial charge in [0.15, 0.2) is 0 Å². The number of aromatic nitrogens is 4. The summed E-state index contributed by atoms with van der Waals surface area (Å²) in [7, 11) is 3.35. The van der Waals surface area contributed by atoms with Crippen LogP contribution in [0.2, 0.25) is 0 Å². The fourth-order valence-corrected chi connectivity index (χ4v) is 3.21. The van der Waals surface area contributed by atoms with E-state index in [1.807, 2.05) is 10.8 Å². The van der Waals surface area contributed by atoms with Gasteiger partial charge < -0.3 is 19.4 Å². The number of rotatable bonds is 5. The first-order valence-corrected chi connectivity index (χ1v) is 7.82. The summed E-state index contributed by atoms with van der Waals surface area (Å²) >= 11 is 0. The molecular formula is C16H21N5O3. The zero-order valence-electron chi connectivity index (χ0n) is 13.7. The summed E-state index contributed by atoms with van der Waals surface area (Å²) in [6.07, 6.45) is 9.65. The fourth-order valence-electron chi connectivity index (χ4n) is 3.21. The zero-order chi connectivity index (χ0) is 16.9. The van der Waals surface area contributed by atoms with E-state index in [-0.39, 0.29) is 30.2 Å². The van der Waals surface area contributed by atoms with Crippen molar-refractivity contribution >= 4 is 5.91 Å². The van der Waals surface area contributed by atoms with Crippen molar-refractivity contribution in [3.8, 4) is 0 Å². The third-order valence-corrected chi connectivity index (χ3v) is 4.47. The summed E-state index contributed by atoms with van der Waals surface area (Å²) in [6.45, 7) is 0. The Morgan fingerprint density at radius 3 is 2.75 bits per heavy atom. The summed E-state index contributed by atoms with van der Waals surface area (Å²) < 4.78 is 13.2. The SMILES string of the molecule is CO[C@@H]1C[C@@H](n2ccnc2)[C@@H](NC(=O)c2ccncn2)[C@H](OC)C1. The molecule has 1 amide bonds. The van der Waals surface area contributed by atoms with Crippen LogP contribution in [-0.2, 0) is 9.47 Å². The Morgan fingerprint density at radius 2 is 2.12 bits per heavy atom. The average Bonchev–Trinajstić information content (AvgIpc) is 3.17. The van der Waals surface area contributed by atoms with Crippen molar-refractivity contribution < 1.29 is 14.3 Å². The normalized spacial score (nSPS) is 26.9. The van der Waals surface area contributed by atoms with Crippen molar-refractivity contribution in [2.45, 2.75) is 37.1 Å². The maximum Gasteiger partial charge on any atom is 0.270 e. The highest BCUT2D eigenvalue weighted by molar-refractivity contribution is 5.92. The first-order valence-electron chi connectivity index (χ1n) is 7.82. The number of amides is 1. The molecule has 1 N–H and O–H groups in total. The molecule has 0 saturated heterocycles. The third-order valence-electron chi connectivity index (χ3n) is 4.47. The van der Waals surface area contributed by atoms with E-state index >= 15 is 0 Å². The van der Waals surface area contributed by atoms with Crippen LogP contribution in [0, 0.1) is 0 Å². The second-order valence-electron chi connectivity index (χ2n) is 5.77. The first kappa shape index (κ1) is 16.5. The molecule has 0 bridgehead atoms. The lowest BCUT2D eigenvalue weighted by Gasteiger charge is -2.41. The molecule has 1 aliphatic rings. The fraction of sp³-hybridized carbons (Fsp3) is 0.500. The van der Waals surface area contributed by atoms with Gasteiger partial charge in [-0.25, -0.2) is 15.0 Å². The van der Waals surface area contributed by atoms with Crippen molar-refractivity contribution in [3.63, 3.8) is 0 Å². The molecule has 4 atom stereocenters. The molecule has 0 unspecified atom stereocenters. The largest absolute Gasteiger partial charge is 0.381 e. The first-order chi connectivity index (χ1) is 11.7. The highest BCUT2D eigenvalue weighted by Crippen LogP contribution is 2.32. The molecular weight excluding hydrogens is 310 g/mol. The lowest BCUT2D eigenvalue weighted by atomic mass is 9.85. The molecule has 1 aliphatic carbocycles. The smallest absolute Gasteiger partial charge is 0.270 e. The molecule has 0 aliphatic heterocycles. The van der Waals surface area contributed by atoms with Crippen LogP contribution >= 0.6 is 0 Å². The average molecular weight is 331 g/mol. The number of ether oxygens (including phenoxy) is 2. The van der Waals surface area contributed by atoms with Crippen LogP contribution in [0.1, 0.15) is 29.4 Å². The predicted octanol–water partition coefficient (Wildman–Crippen LogP) is 0.837. The Hall–Kier alpha value is -2.32. The van der Waals surface area contributed by atoms with Crippen molar-refractivity contribution in [1.29, 1.82) is 0 Å². The monoisotopic (exact) mass is 331 g/mol. The lowest BCUT2D eigenvalue weighted by Crippen LogP contribution is -2.54. The maximum absolute atomic E-state index is 12.5. The topological polar surface area (TPSA) is 91.2 Å². The van der Waals surface area contributed by atoms with Crippen LogP contribution in [0.4, 0.5) is 0 Å². The molecule has 2 aromatic rings. The minimum absolute atomic E-state index is 0.0121. The Morgan fingerprint density at radius 1 is 1.25 bits per heavy atom. The molecule has 0 radical (unpaired) electrons. The molecule has 2 heterocycles. The van der Waals surface area contributed by atoms with E-state index in [4.69, 9.17) is 9.47 Å². The second kappa shape index (κ2) is 7.50. The van der Waals surface area contributed by atoms with E-state index < -0.39 is 0 Å². The van der Waals surface area contributed by atoms with Crippen LogP contribution in [-0.4, -0.2) is 57.9 Å². The van der Waals surface area contributed by atoms with E-state index in [1.165, 1.54) is 6.33 Å². The number of nitrogens with one attached hydrogen (secondary N) is 1. The summed E-state index contributed by atoms with van der Waals surface area (Å²) in [5, 5.41) is 3.06. The third kappa shape index (κ3) is 3.44. The number of hydrogen-bond acceptors (Lipinski definition) is 6. The molecule has 128 valence electrons. The van der Waals surface area contributed by atoms with Gasteiger partial charge >= 0.3 is 0 Å². The van der Waals surface area contributed by atoms with Crippen LogP contribution in [0.5, 0.6) is 0 Å². The Bertz CT molecular complexity index is 649. The van der Waals surface area contributed by atoms with E-state index in [0.717, 1.165) is 6.42 Å². The number of methoxy groups -OCH3 is 2. The van der Waals surface area contributed by atoms with Gasteiger partial charge in [-0.3, -0.25) is 4.79 Å². The Balaban J connectivity index is 1.84. The molecule has 3 rings (SSSR count).